The number of aromatic nitrogens is 5. The molecule has 2 aromatic heterocycles. The molecule has 0 saturated heterocycles. The molecule has 2 aromatic rings. The van der Waals surface area contributed by atoms with Crippen molar-refractivity contribution < 1.29 is 9.59 Å². The Bertz CT molecular complexity index is 701. The van der Waals surface area contributed by atoms with Crippen LogP contribution in [0.2, 0.25) is 0 Å². The van der Waals surface area contributed by atoms with Gasteiger partial charge in [0.05, 0.1) is 11.9 Å². The van der Waals surface area contributed by atoms with E-state index in [1.54, 1.807) is 0 Å². The van der Waals surface area contributed by atoms with Gasteiger partial charge in [-0.25, -0.2) is 4.68 Å². The molecule has 0 aliphatic heterocycles. The van der Waals surface area contributed by atoms with Gasteiger partial charge in [-0.2, -0.15) is 15.0 Å². The van der Waals surface area contributed by atoms with Crippen LogP contribution in [0, 0.1) is 13.8 Å². The maximum atomic E-state index is 12.3. The van der Waals surface area contributed by atoms with Gasteiger partial charge in [0, 0.05) is 12.6 Å². The number of anilines is 1. The molecule has 0 aromatic carbocycles. The Morgan fingerprint density at radius 2 is 2.05 bits per heavy atom. The summed E-state index contributed by atoms with van der Waals surface area (Å²) in [6.07, 6.45) is 2.06. The summed E-state index contributed by atoms with van der Waals surface area (Å²) in [7, 11) is 0. The van der Waals surface area contributed by atoms with E-state index in [4.69, 9.17) is 5.73 Å². The van der Waals surface area contributed by atoms with E-state index in [0.717, 1.165) is 17.0 Å². The van der Waals surface area contributed by atoms with Crippen molar-refractivity contribution in [3.8, 4) is 0 Å². The van der Waals surface area contributed by atoms with Crippen molar-refractivity contribution in [3.63, 3.8) is 0 Å². The molecule has 0 aliphatic rings. The molecule has 2 rings (SSSR count). The summed E-state index contributed by atoms with van der Waals surface area (Å²) in [6.45, 7) is 5.50. The number of nitrogens with one attached hydrogen (secondary N) is 1. The molecule has 0 saturated carbocycles. The Morgan fingerprint density at radius 1 is 1.32 bits per heavy atom. The lowest BCUT2D eigenvalue weighted by atomic mass is 10.1. The lowest BCUT2D eigenvalue weighted by Gasteiger charge is -2.03. The lowest BCUT2D eigenvalue weighted by molar-refractivity contribution is -0.114. The smallest absolute Gasteiger partial charge is 0.270 e. The van der Waals surface area contributed by atoms with Crippen LogP contribution in [0.4, 0.5) is 5.82 Å². The molecule has 9 nitrogen and oxygen atoms in total. The van der Waals surface area contributed by atoms with Crippen LogP contribution in [-0.2, 0) is 17.8 Å². The van der Waals surface area contributed by atoms with Gasteiger partial charge in [-0.3, -0.25) is 9.59 Å². The first-order valence-corrected chi connectivity index (χ1v) is 6.88. The first kappa shape index (κ1) is 15.8. The zero-order chi connectivity index (χ0) is 16.3. The second-order valence-electron chi connectivity index (χ2n) is 4.93. The lowest BCUT2D eigenvalue weighted by Crippen LogP contribution is -2.22. The van der Waals surface area contributed by atoms with Gasteiger partial charge < -0.3 is 11.1 Å². The Labute approximate surface area is 127 Å². The van der Waals surface area contributed by atoms with Crippen molar-refractivity contribution in [1.29, 1.82) is 0 Å². The number of hydrogen-bond acceptors (Lipinski definition) is 6. The highest BCUT2D eigenvalue weighted by Gasteiger charge is 2.17. The van der Waals surface area contributed by atoms with E-state index in [2.05, 4.69) is 20.6 Å². The normalized spacial score (nSPS) is 10.7. The van der Waals surface area contributed by atoms with Crippen LogP contribution < -0.4 is 11.1 Å². The third-order valence-electron chi connectivity index (χ3n) is 3.19. The quantitative estimate of drug-likeness (QED) is 0.795. The molecule has 0 bridgehead atoms. The fraction of sp³-hybridized carbons (Fsp3) is 0.462. The molecular weight excluding hydrogens is 286 g/mol. The highest BCUT2D eigenvalue weighted by atomic mass is 16.2. The second kappa shape index (κ2) is 6.48. The van der Waals surface area contributed by atoms with E-state index < -0.39 is 0 Å². The maximum Gasteiger partial charge on any atom is 0.270 e. The van der Waals surface area contributed by atoms with Gasteiger partial charge >= 0.3 is 0 Å². The predicted molar refractivity (Wildman–Crippen MR) is 79.4 cm³/mol. The van der Waals surface area contributed by atoms with Gasteiger partial charge in [0.1, 0.15) is 6.54 Å². The van der Waals surface area contributed by atoms with E-state index in [9.17, 15) is 9.59 Å². The number of nitrogens with two attached hydrogens (primary N) is 1. The minimum absolute atomic E-state index is 0.0659. The zero-order valence-corrected chi connectivity index (χ0v) is 12.8. The van der Waals surface area contributed by atoms with Gasteiger partial charge in [0.15, 0.2) is 5.82 Å². The molecule has 0 radical (unpaired) electrons. The fourth-order valence-electron chi connectivity index (χ4n) is 2.22. The van der Waals surface area contributed by atoms with Gasteiger partial charge in [0.2, 0.25) is 5.91 Å². The van der Waals surface area contributed by atoms with Crippen molar-refractivity contribution in [1.82, 2.24) is 24.8 Å². The fourth-order valence-corrected chi connectivity index (χ4v) is 2.22. The van der Waals surface area contributed by atoms with Crippen molar-refractivity contribution in [2.24, 2.45) is 5.73 Å². The van der Waals surface area contributed by atoms with Crippen molar-refractivity contribution in [2.45, 2.75) is 33.7 Å². The van der Waals surface area contributed by atoms with Crippen LogP contribution in [0.25, 0.3) is 0 Å². The van der Waals surface area contributed by atoms with Crippen LogP contribution in [0.3, 0.4) is 0 Å². The minimum atomic E-state index is -0.256. The molecule has 3 N–H and O–H groups in total. The predicted octanol–water partition coefficient (Wildman–Crippen LogP) is -0.109. The number of aryl methyl sites for hydroxylation is 1. The first-order valence-electron chi connectivity index (χ1n) is 6.88. The van der Waals surface area contributed by atoms with Crippen LogP contribution >= 0.6 is 0 Å². The molecule has 0 fully saturated rings. The largest absolute Gasteiger partial charge is 0.330 e. The highest BCUT2D eigenvalue weighted by molar-refractivity contribution is 5.87. The standard InChI is InChI=1S/C13H19N7O2/c1-8-11(4-5-14)9(2)20(17-8)13(22)7-19-15-6-12(18-19)16-10(3)21/h6H,4-5,7,14H2,1-3H3,(H,16,18,21). The van der Waals surface area contributed by atoms with E-state index in [0.29, 0.717) is 18.8 Å². The number of hydrogen-bond donors (Lipinski definition) is 2. The molecule has 0 spiro atoms. The van der Waals surface area contributed by atoms with E-state index in [1.165, 1.54) is 22.6 Å². The minimum Gasteiger partial charge on any atom is -0.330 e. The topological polar surface area (TPSA) is 121 Å². The van der Waals surface area contributed by atoms with Gasteiger partial charge in [-0.15, -0.1) is 5.10 Å². The summed E-state index contributed by atoms with van der Waals surface area (Å²) in [5.74, 6) is -0.199. The Balaban J connectivity index is 2.14. The van der Waals surface area contributed by atoms with Gasteiger partial charge in [-0.05, 0) is 32.4 Å². The third kappa shape index (κ3) is 3.37. The third-order valence-corrected chi connectivity index (χ3v) is 3.19. The van der Waals surface area contributed by atoms with E-state index in [1.807, 2.05) is 13.8 Å². The Hall–Kier alpha value is -2.55. The molecule has 0 aliphatic carbocycles. The molecule has 9 heteroatoms. The summed E-state index contributed by atoms with van der Waals surface area (Å²) in [4.78, 5) is 24.5. The molecular formula is C13H19N7O2. The monoisotopic (exact) mass is 305 g/mol. The molecule has 2 heterocycles. The van der Waals surface area contributed by atoms with Gasteiger partial charge in [0.25, 0.3) is 5.91 Å². The number of carbonyl (C=O) groups excluding carboxylic acids is 2. The van der Waals surface area contributed by atoms with Crippen molar-refractivity contribution >= 4 is 17.6 Å². The highest BCUT2D eigenvalue weighted by Crippen LogP contribution is 2.13. The van der Waals surface area contributed by atoms with E-state index in [-0.39, 0.29) is 18.4 Å². The number of amides is 1. The van der Waals surface area contributed by atoms with Gasteiger partial charge in [-0.1, -0.05) is 0 Å². The molecule has 1 amide bonds. The number of rotatable bonds is 5. The Kier molecular flexibility index (Phi) is 4.66. The summed E-state index contributed by atoms with van der Waals surface area (Å²) in [6, 6.07) is 0. The second-order valence-corrected chi connectivity index (χ2v) is 4.93. The molecule has 0 unspecified atom stereocenters. The first-order chi connectivity index (χ1) is 10.4. The summed E-state index contributed by atoms with van der Waals surface area (Å²) >= 11 is 0. The zero-order valence-electron chi connectivity index (χ0n) is 12.8. The summed E-state index contributed by atoms with van der Waals surface area (Å²) < 4.78 is 1.35. The number of carbonyl (C=O) groups is 2. The average Bonchev–Trinajstić information content (AvgIpc) is 2.97. The van der Waals surface area contributed by atoms with Crippen LogP contribution in [0.5, 0.6) is 0 Å². The summed E-state index contributed by atoms with van der Waals surface area (Å²) in [5, 5.41) is 14.7. The van der Waals surface area contributed by atoms with Crippen LogP contribution in [0.1, 0.15) is 28.7 Å². The Morgan fingerprint density at radius 3 is 2.68 bits per heavy atom. The van der Waals surface area contributed by atoms with Crippen LogP contribution in [-0.4, -0.2) is 43.1 Å². The molecule has 0 atom stereocenters. The summed E-state index contributed by atoms with van der Waals surface area (Å²) in [5.41, 5.74) is 8.13. The van der Waals surface area contributed by atoms with E-state index >= 15 is 0 Å². The van der Waals surface area contributed by atoms with Crippen LogP contribution in [0.15, 0.2) is 6.20 Å². The maximum absolute atomic E-state index is 12.3. The molecule has 118 valence electrons. The van der Waals surface area contributed by atoms with Crippen molar-refractivity contribution in [3.05, 3.63) is 23.1 Å². The average molecular weight is 305 g/mol. The molecule has 22 heavy (non-hydrogen) atoms. The van der Waals surface area contributed by atoms with Crippen molar-refractivity contribution in [2.75, 3.05) is 11.9 Å². The SMILES string of the molecule is CC(=O)Nc1cnn(CC(=O)n2nc(C)c(CCN)c2C)n1. The number of nitrogens with zero attached hydrogens (tertiary/aromatic N) is 5.